The van der Waals surface area contributed by atoms with Crippen LogP contribution in [0.3, 0.4) is 0 Å². The van der Waals surface area contributed by atoms with Gasteiger partial charge in [-0.1, -0.05) is 98.8 Å². The normalized spacial score (nSPS) is 12.2. The van der Waals surface area contributed by atoms with E-state index in [-0.39, 0.29) is 17.8 Å². The van der Waals surface area contributed by atoms with Crippen LogP contribution in [0.15, 0.2) is 0 Å². The standard InChI is InChI=1S/C24H47NO4/c1-6-7-8-9-10-11-12-13-14-15-16-17-28-23(26)22(18-20(2)3)25-24(27)29-19-21(4)5/h20-22H,6-19H2,1-5H3,(H,25,27). The number of alkyl carbamates (subject to hydrolysis) is 1. The Bertz CT molecular complexity index is 410. The largest absolute Gasteiger partial charge is 0.464 e. The Balaban J connectivity index is 3.86. The van der Waals surface area contributed by atoms with Crippen LogP contribution < -0.4 is 5.32 Å². The number of hydrogen-bond donors (Lipinski definition) is 1. The number of nitrogens with one attached hydrogen (secondary N) is 1. The fourth-order valence-electron chi connectivity index (χ4n) is 3.15. The number of hydrogen-bond acceptors (Lipinski definition) is 4. The van der Waals surface area contributed by atoms with Crippen molar-refractivity contribution in [2.24, 2.45) is 11.8 Å². The summed E-state index contributed by atoms with van der Waals surface area (Å²) in [7, 11) is 0. The van der Waals surface area contributed by atoms with Crippen molar-refractivity contribution < 1.29 is 19.1 Å². The maximum Gasteiger partial charge on any atom is 0.407 e. The van der Waals surface area contributed by atoms with Crippen molar-refractivity contribution in [2.75, 3.05) is 13.2 Å². The van der Waals surface area contributed by atoms with Gasteiger partial charge in [0.15, 0.2) is 0 Å². The lowest BCUT2D eigenvalue weighted by Gasteiger charge is -2.19. The summed E-state index contributed by atoms with van der Waals surface area (Å²) in [6.45, 7) is 11.0. The van der Waals surface area contributed by atoms with Gasteiger partial charge >= 0.3 is 12.1 Å². The molecule has 0 radical (unpaired) electrons. The Labute approximate surface area is 179 Å². The highest BCUT2D eigenvalue weighted by molar-refractivity contribution is 5.81. The third kappa shape index (κ3) is 18.5. The summed E-state index contributed by atoms with van der Waals surface area (Å²) in [4.78, 5) is 24.2. The fourth-order valence-corrected chi connectivity index (χ4v) is 3.15. The zero-order valence-corrected chi connectivity index (χ0v) is 19.8. The number of carbonyl (C=O) groups is 2. The van der Waals surface area contributed by atoms with E-state index in [2.05, 4.69) is 12.2 Å². The molecule has 0 aliphatic carbocycles. The van der Waals surface area contributed by atoms with Crippen molar-refractivity contribution in [3.05, 3.63) is 0 Å². The Morgan fingerprint density at radius 2 is 1.24 bits per heavy atom. The third-order valence-corrected chi connectivity index (χ3v) is 4.82. The van der Waals surface area contributed by atoms with Crippen LogP contribution in [0, 0.1) is 11.8 Å². The molecule has 5 nitrogen and oxygen atoms in total. The molecular formula is C24H47NO4. The van der Waals surface area contributed by atoms with Gasteiger partial charge in [0.25, 0.3) is 0 Å². The highest BCUT2D eigenvalue weighted by Crippen LogP contribution is 2.12. The van der Waals surface area contributed by atoms with Crippen LogP contribution in [0.5, 0.6) is 0 Å². The minimum absolute atomic E-state index is 0.261. The van der Waals surface area contributed by atoms with E-state index in [4.69, 9.17) is 9.47 Å². The van der Waals surface area contributed by atoms with Crippen molar-refractivity contribution in [2.45, 2.75) is 118 Å². The van der Waals surface area contributed by atoms with Crippen LogP contribution in [-0.2, 0) is 14.3 Å². The van der Waals surface area contributed by atoms with E-state index < -0.39 is 12.1 Å². The summed E-state index contributed by atoms with van der Waals surface area (Å²) in [5.74, 6) is 0.185. The second-order valence-corrected chi connectivity index (χ2v) is 9.02. The lowest BCUT2D eigenvalue weighted by molar-refractivity contribution is -0.146. The average Bonchev–Trinajstić information content (AvgIpc) is 2.66. The first-order chi connectivity index (χ1) is 13.9. The number of unbranched alkanes of at least 4 members (excludes halogenated alkanes) is 10. The summed E-state index contributed by atoms with van der Waals surface area (Å²) in [5.41, 5.74) is 0. The van der Waals surface area contributed by atoms with E-state index in [0.717, 1.165) is 12.8 Å². The topological polar surface area (TPSA) is 64.6 Å². The Morgan fingerprint density at radius 3 is 1.72 bits per heavy atom. The van der Waals surface area contributed by atoms with Gasteiger partial charge in [-0.15, -0.1) is 0 Å². The van der Waals surface area contributed by atoms with Crippen molar-refractivity contribution in [1.82, 2.24) is 5.32 Å². The second-order valence-electron chi connectivity index (χ2n) is 9.02. The minimum atomic E-state index is -0.637. The molecule has 29 heavy (non-hydrogen) atoms. The Kier molecular flexibility index (Phi) is 17.9. The van der Waals surface area contributed by atoms with Crippen LogP contribution >= 0.6 is 0 Å². The molecular weight excluding hydrogens is 366 g/mol. The third-order valence-electron chi connectivity index (χ3n) is 4.82. The van der Waals surface area contributed by atoms with Crippen LogP contribution in [0.25, 0.3) is 0 Å². The van der Waals surface area contributed by atoms with Gasteiger partial charge in [-0.2, -0.15) is 0 Å². The summed E-state index contributed by atoms with van der Waals surface area (Å²) in [5, 5.41) is 2.66. The number of ether oxygens (including phenoxy) is 2. The molecule has 1 atom stereocenters. The lowest BCUT2D eigenvalue weighted by Crippen LogP contribution is -2.43. The Hall–Kier alpha value is -1.26. The fraction of sp³-hybridized carbons (Fsp3) is 0.917. The molecule has 0 rings (SSSR count). The van der Waals surface area contributed by atoms with Crippen molar-refractivity contribution in [1.29, 1.82) is 0 Å². The maximum absolute atomic E-state index is 12.3. The average molecular weight is 414 g/mol. The molecule has 0 aromatic heterocycles. The van der Waals surface area contributed by atoms with Crippen molar-refractivity contribution in [3.63, 3.8) is 0 Å². The molecule has 172 valence electrons. The van der Waals surface area contributed by atoms with Gasteiger partial charge in [0, 0.05) is 0 Å². The highest BCUT2D eigenvalue weighted by atomic mass is 16.6. The quantitative estimate of drug-likeness (QED) is 0.202. The van der Waals surface area contributed by atoms with Crippen molar-refractivity contribution in [3.8, 4) is 0 Å². The molecule has 0 heterocycles. The summed E-state index contributed by atoms with van der Waals surface area (Å²) in [6, 6.07) is -0.637. The van der Waals surface area contributed by atoms with Crippen molar-refractivity contribution >= 4 is 12.1 Å². The number of esters is 1. The van der Waals surface area contributed by atoms with Gasteiger partial charge in [-0.3, -0.25) is 0 Å². The monoisotopic (exact) mass is 413 g/mol. The van der Waals surface area contributed by atoms with Crippen LogP contribution in [-0.4, -0.2) is 31.3 Å². The second kappa shape index (κ2) is 18.7. The first-order valence-electron chi connectivity index (χ1n) is 12.0. The number of rotatable bonds is 18. The highest BCUT2D eigenvalue weighted by Gasteiger charge is 2.24. The van der Waals surface area contributed by atoms with E-state index in [1.807, 2.05) is 27.7 Å². The summed E-state index contributed by atoms with van der Waals surface area (Å²) >= 11 is 0. The molecule has 0 fully saturated rings. The molecule has 0 bridgehead atoms. The molecule has 0 aliphatic rings. The number of amides is 1. The van der Waals surface area contributed by atoms with Gasteiger partial charge in [0.1, 0.15) is 6.04 Å². The first-order valence-corrected chi connectivity index (χ1v) is 12.0. The van der Waals surface area contributed by atoms with Crippen LogP contribution in [0.1, 0.15) is 112 Å². The molecule has 5 heteroatoms. The maximum atomic E-state index is 12.3. The minimum Gasteiger partial charge on any atom is -0.464 e. The molecule has 0 aromatic carbocycles. The molecule has 1 unspecified atom stereocenters. The lowest BCUT2D eigenvalue weighted by atomic mass is 10.0. The van der Waals surface area contributed by atoms with Gasteiger partial charge in [0.2, 0.25) is 0 Å². The smallest absolute Gasteiger partial charge is 0.407 e. The van der Waals surface area contributed by atoms with Gasteiger partial charge in [-0.05, 0) is 24.7 Å². The van der Waals surface area contributed by atoms with Crippen LogP contribution in [0.2, 0.25) is 0 Å². The van der Waals surface area contributed by atoms with E-state index in [9.17, 15) is 9.59 Å². The predicted molar refractivity (Wildman–Crippen MR) is 120 cm³/mol. The van der Waals surface area contributed by atoms with E-state index in [1.54, 1.807) is 0 Å². The zero-order chi connectivity index (χ0) is 21.9. The van der Waals surface area contributed by atoms with Gasteiger partial charge < -0.3 is 14.8 Å². The molecule has 0 aliphatic heterocycles. The molecule has 1 N–H and O–H groups in total. The predicted octanol–water partition coefficient (Wildman–Crippen LogP) is 6.64. The molecule has 0 saturated heterocycles. The van der Waals surface area contributed by atoms with Gasteiger partial charge in [0.05, 0.1) is 13.2 Å². The summed E-state index contributed by atoms with van der Waals surface area (Å²) in [6.07, 6.45) is 13.9. The molecule has 0 saturated carbocycles. The first kappa shape index (κ1) is 27.7. The molecule has 0 spiro atoms. The summed E-state index contributed by atoms with van der Waals surface area (Å²) < 4.78 is 10.5. The number of carbonyl (C=O) groups excluding carboxylic acids is 2. The molecule has 0 aromatic rings. The van der Waals surface area contributed by atoms with E-state index in [0.29, 0.717) is 19.6 Å². The zero-order valence-electron chi connectivity index (χ0n) is 19.8. The van der Waals surface area contributed by atoms with E-state index >= 15 is 0 Å². The molecule has 1 amide bonds. The SMILES string of the molecule is CCCCCCCCCCCCCOC(=O)C(CC(C)C)NC(=O)OCC(C)C. The van der Waals surface area contributed by atoms with E-state index in [1.165, 1.54) is 57.8 Å². The Morgan fingerprint density at radius 1 is 0.724 bits per heavy atom. The van der Waals surface area contributed by atoms with Gasteiger partial charge in [-0.25, -0.2) is 9.59 Å². The van der Waals surface area contributed by atoms with Crippen LogP contribution in [0.4, 0.5) is 4.79 Å².